The van der Waals surface area contributed by atoms with E-state index >= 15 is 0 Å². The normalized spacial score (nSPS) is 10.5. The summed E-state index contributed by atoms with van der Waals surface area (Å²) in [5, 5.41) is 1.10. The molecule has 94 valence electrons. The second kappa shape index (κ2) is 5.48. The summed E-state index contributed by atoms with van der Waals surface area (Å²) < 4.78 is 5.72. The lowest BCUT2D eigenvalue weighted by Gasteiger charge is -2.06. The molecule has 0 fully saturated rings. The highest BCUT2D eigenvalue weighted by molar-refractivity contribution is 5.79. The van der Waals surface area contributed by atoms with Crippen LogP contribution in [0.25, 0.3) is 10.9 Å². The molecule has 0 radical (unpaired) electrons. The fourth-order valence-electron chi connectivity index (χ4n) is 1.95. The predicted molar refractivity (Wildman–Crippen MR) is 75.2 cm³/mol. The quantitative estimate of drug-likeness (QED) is 0.713. The third-order valence-electron chi connectivity index (χ3n) is 2.92. The van der Waals surface area contributed by atoms with Crippen molar-refractivity contribution in [2.45, 2.75) is 6.42 Å². The van der Waals surface area contributed by atoms with Crippen molar-refractivity contribution in [2.75, 3.05) is 6.61 Å². The standard InChI is InChI=1S/C16H14N2O/c1-2-7-16-13(5-1)11-15(12-18-16)19-10-8-14-6-3-4-9-17-14/h1-7,9,11-12H,8,10H2. The molecule has 0 atom stereocenters. The van der Waals surface area contributed by atoms with E-state index in [0.29, 0.717) is 6.61 Å². The van der Waals surface area contributed by atoms with Gasteiger partial charge in [-0.15, -0.1) is 0 Å². The lowest BCUT2D eigenvalue weighted by Crippen LogP contribution is -2.02. The molecule has 0 aliphatic rings. The first kappa shape index (κ1) is 11.7. The van der Waals surface area contributed by atoms with E-state index < -0.39 is 0 Å². The van der Waals surface area contributed by atoms with Gasteiger partial charge in [0.15, 0.2) is 0 Å². The van der Waals surface area contributed by atoms with Gasteiger partial charge in [-0.3, -0.25) is 9.97 Å². The van der Waals surface area contributed by atoms with Crippen LogP contribution in [0, 0.1) is 0 Å². The highest BCUT2D eigenvalue weighted by Gasteiger charge is 1.99. The predicted octanol–water partition coefficient (Wildman–Crippen LogP) is 3.25. The number of benzene rings is 1. The van der Waals surface area contributed by atoms with Gasteiger partial charge in [0.05, 0.1) is 18.3 Å². The number of hydrogen-bond donors (Lipinski definition) is 0. The Hall–Kier alpha value is -2.42. The van der Waals surface area contributed by atoms with Crippen molar-refractivity contribution in [3.05, 3.63) is 66.6 Å². The van der Waals surface area contributed by atoms with Gasteiger partial charge in [0, 0.05) is 23.7 Å². The number of pyridine rings is 2. The van der Waals surface area contributed by atoms with E-state index in [9.17, 15) is 0 Å². The molecule has 19 heavy (non-hydrogen) atoms. The fraction of sp³-hybridized carbons (Fsp3) is 0.125. The van der Waals surface area contributed by atoms with Crippen LogP contribution in [0.4, 0.5) is 0 Å². The van der Waals surface area contributed by atoms with Crippen molar-refractivity contribution in [3.63, 3.8) is 0 Å². The first-order valence-electron chi connectivity index (χ1n) is 6.29. The SMILES string of the molecule is c1ccc(CCOc2cnc3ccccc3c2)nc1. The Morgan fingerprint density at radius 3 is 2.74 bits per heavy atom. The van der Waals surface area contributed by atoms with E-state index in [2.05, 4.69) is 9.97 Å². The zero-order valence-electron chi connectivity index (χ0n) is 10.5. The van der Waals surface area contributed by atoms with E-state index in [-0.39, 0.29) is 0 Å². The van der Waals surface area contributed by atoms with Gasteiger partial charge in [-0.25, -0.2) is 0 Å². The minimum atomic E-state index is 0.608. The summed E-state index contributed by atoms with van der Waals surface area (Å²) >= 11 is 0. The van der Waals surface area contributed by atoms with Gasteiger partial charge in [-0.05, 0) is 24.3 Å². The van der Waals surface area contributed by atoms with E-state index in [1.54, 1.807) is 12.4 Å². The Balaban J connectivity index is 1.65. The maximum absolute atomic E-state index is 5.72. The largest absolute Gasteiger partial charge is 0.492 e. The lowest BCUT2D eigenvalue weighted by molar-refractivity contribution is 0.320. The molecule has 0 spiro atoms. The Kier molecular flexibility index (Phi) is 3.36. The van der Waals surface area contributed by atoms with Gasteiger partial charge in [-0.2, -0.15) is 0 Å². The molecular formula is C16H14N2O. The summed E-state index contributed by atoms with van der Waals surface area (Å²) in [6.45, 7) is 0.608. The number of ether oxygens (including phenoxy) is 1. The molecule has 0 saturated heterocycles. The van der Waals surface area contributed by atoms with Gasteiger partial charge >= 0.3 is 0 Å². The van der Waals surface area contributed by atoms with E-state index in [0.717, 1.165) is 28.8 Å². The number of nitrogens with zero attached hydrogens (tertiary/aromatic N) is 2. The van der Waals surface area contributed by atoms with Gasteiger partial charge in [0.2, 0.25) is 0 Å². The van der Waals surface area contributed by atoms with Crippen LogP contribution in [0.2, 0.25) is 0 Å². The molecule has 0 bridgehead atoms. The maximum atomic E-state index is 5.72. The molecule has 0 N–H and O–H groups in total. The third kappa shape index (κ3) is 2.88. The summed E-state index contributed by atoms with van der Waals surface area (Å²) in [6.07, 6.45) is 4.36. The summed E-state index contributed by atoms with van der Waals surface area (Å²) in [4.78, 5) is 8.63. The molecule has 2 aromatic heterocycles. The van der Waals surface area contributed by atoms with Crippen LogP contribution in [0.3, 0.4) is 0 Å². The maximum Gasteiger partial charge on any atom is 0.138 e. The molecule has 0 amide bonds. The number of aromatic nitrogens is 2. The summed E-state index contributed by atoms with van der Waals surface area (Å²) in [6, 6.07) is 15.9. The van der Waals surface area contributed by atoms with Crippen LogP contribution in [-0.2, 0) is 6.42 Å². The highest BCUT2D eigenvalue weighted by Crippen LogP contribution is 2.17. The topological polar surface area (TPSA) is 35.0 Å². The number of hydrogen-bond acceptors (Lipinski definition) is 3. The number of rotatable bonds is 4. The Morgan fingerprint density at radius 2 is 1.84 bits per heavy atom. The molecule has 0 aliphatic heterocycles. The first-order valence-corrected chi connectivity index (χ1v) is 6.29. The molecule has 0 aliphatic carbocycles. The zero-order chi connectivity index (χ0) is 12.9. The second-order valence-corrected chi connectivity index (χ2v) is 4.28. The molecule has 3 aromatic rings. The average Bonchev–Trinajstić information content (AvgIpc) is 2.48. The Labute approximate surface area is 111 Å². The van der Waals surface area contributed by atoms with Crippen molar-refractivity contribution in [2.24, 2.45) is 0 Å². The average molecular weight is 250 g/mol. The van der Waals surface area contributed by atoms with E-state index in [4.69, 9.17) is 4.74 Å². The third-order valence-corrected chi connectivity index (χ3v) is 2.92. The van der Waals surface area contributed by atoms with Crippen LogP contribution >= 0.6 is 0 Å². The van der Waals surface area contributed by atoms with Gasteiger partial charge < -0.3 is 4.74 Å². The summed E-state index contributed by atoms with van der Waals surface area (Å²) in [5.41, 5.74) is 2.02. The van der Waals surface area contributed by atoms with Crippen molar-refractivity contribution < 1.29 is 4.74 Å². The smallest absolute Gasteiger partial charge is 0.138 e. The van der Waals surface area contributed by atoms with Crippen molar-refractivity contribution in [3.8, 4) is 5.75 Å². The van der Waals surface area contributed by atoms with Gasteiger partial charge in [-0.1, -0.05) is 24.3 Å². The molecule has 3 nitrogen and oxygen atoms in total. The monoisotopic (exact) mass is 250 g/mol. The minimum Gasteiger partial charge on any atom is -0.492 e. The molecular weight excluding hydrogens is 236 g/mol. The number of para-hydroxylation sites is 1. The summed E-state index contributed by atoms with van der Waals surface area (Å²) in [7, 11) is 0. The first-order chi connectivity index (χ1) is 9.42. The Bertz CT molecular complexity index is 668. The molecule has 0 unspecified atom stereocenters. The van der Waals surface area contributed by atoms with Crippen molar-refractivity contribution in [1.29, 1.82) is 0 Å². The van der Waals surface area contributed by atoms with Crippen LogP contribution in [-0.4, -0.2) is 16.6 Å². The molecule has 0 saturated carbocycles. The second-order valence-electron chi connectivity index (χ2n) is 4.28. The molecule has 3 heteroatoms. The van der Waals surface area contributed by atoms with Crippen molar-refractivity contribution in [1.82, 2.24) is 9.97 Å². The van der Waals surface area contributed by atoms with E-state index in [1.807, 2.05) is 48.5 Å². The molecule has 3 rings (SSSR count). The van der Waals surface area contributed by atoms with Crippen LogP contribution in [0.15, 0.2) is 60.9 Å². The number of fused-ring (bicyclic) bond motifs is 1. The van der Waals surface area contributed by atoms with Gasteiger partial charge in [0.1, 0.15) is 5.75 Å². The van der Waals surface area contributed by atoms with E-state index in [1.165, 1.54) is 0 Å². The Morgan fingerprint density at radius 1 is 0.947 bits per heavy atom. The summed E-state index contributed by atoms with van der Waals surface area (Å²) in [5.74, 6) is 0.801. The zero-order valence-corrected chi connectivity index (χ0v) is 10.5. The van der Waals surface area contributed by atoms with Crippen molar-refractivity contribution >= 4 is 10.9 Å². The van der Waals surface area contributed by atoms with Gasteiger partial charge in [0.25, 0.3) is 0 Å². The highest BCUT2D eigenvalue weighted by atomic mass is 16.5. The van der Waals surface area contributed by atoms with Crippen LogP contribution < -0.4 is 4.74 Å². The molecule has 2 heterocycles. The lowest BCUT2D eigenvalue weighted by atomic mass is 10.2. The minimum absolute atomic E-state index is 0.608. The van der Waals surface area contributed by atoms with Crippen LogP contribution in [0.5, 0.6) is 5.75 Å². The molecule has 1 aromatic carbocycles. The fourth-order valence-corrected chi connectivity index (χ4v) is 1.95. The van der Waals surface area contributed by atoms with Crippen LogP contribution in [0.1, 0.15) is 5.69 Å².